The number of hydrogen-bond acceptors (Lipinski definition) is 2. The van der Waals surface area contributed by atoms with Gasteiger partial charge in [-0.05, 0) is 0 Å². The predicted octanol–water partition coefficient (Wildman–Crippen LogP) is 2.57. The van der Waals surface area contributed by atoms with Gasteiger partial charge in [-0.1, -0.05) is 0 Å². The van der Waals surface area contributed by atoms with Crippen LogP contribution in [-0.2, 0) is 24.1 Å². The monoisotopic (exact) mass is 402 g/mol. The summed E-state index contributed by atoms with van der Waals surface area (Å²) >= 11 is 6.51. The molecule has 0 aliphatic rings. The second-order valence-electron chi connectivity index (χ2n) is 1.82. The number of ether oxygens (including phenoxy) is 1. The van der Waals surface area contributed by atoms with Crippen molar-refractivity contribution in [3.63, 3.8) is 0 Å². The summed E-state index contributed by atoms with van der Waals surface area (Å²) in [6.45, 7) is 2.76. The van der Waals surface area contributed by atoms with Gasteiger partial charge in [-0.3, -0.25) is 0 Å². The zero-order valence-electron chi connectivity index (χ0n) is 5.96. The Labute approximate surface area is 89.3 Å². The van der Waals surface area contributed by atoms with E-state index in [4.69, 9.17) is 4.74 Å². The first-order chi connectivity index (χ1) is 5.24. The van der Waals surface area contributed by atoms with Crippen molar-refractivity contribution in [2.75, 3.05) is 6.61 Å². The zero-order valence-corrected chi connectivity index (χ0v) is 11.3. The molecule has 0 aliphatic heterocycles. The van der Waals surface area contributed by atoms with Crippen LogP contribution in [0.2, 0.25) is 0 Å². The van der Waals surface area contributed by atoms with Gasteiger partial charge in [-0.15, -0.1) is 0 Å². The standard InChI is InChI=1S/C7H7BrOS.W/c1-2-9-5-6-3-4-7(8)10-6;/h3-4H,2H2,1H3;. The predicted molar refractivity (Wildman–Crippen MR) is 47.8 cm³/mol. The van der Waals surface area contributed by atoms with Gasteiger partial charge in [0.25, 0.3) is 0 Å². The minimum atomic E-state index is 0.758. The molecule has 0 radical (unpaired) electrons. The fraction of sp³-hybridized carbons (Fsp3) is 0.286. The van der Waals surface area contributed by atoms with Crippen LogP contribution in [0.1, 0.15) is 11.8 Å². The van der Waals surface area contributed by atoms with Crippen molar-refractivity contribution in [3.05, 3.63) is 20.8 Å². The van der Waals surface area contributed by atoms with Crippen LogP contribution >= 0.6 is 27.3 Å². The van der Waals surface area contributed by atoms with Gasteiger partial charge in [0.1, 0.15) is 0 Å². The molecule has 0 atom stereocenters. The third-order valence-electron chi connectivity index (χ3n) is 1.05. The average Bonchev–Trinajstić information content (AvgIpc) is 2.36. The first-order valence-corrected chi connectivity index (χ1v) is 6.24. The molecule has 1 rings (SSSR count). The van der Waals surface area contributed by atoms with Crippen LogP contribution in [0, 0.1) is 0 Å². The van der Waals surface area contributed by atoms with E-state index in [2.05, 4.69) is 22.0 Å². The van der Waals surface area contributed by atoms with E-state index in [0.29, 0.717) is 0 Å². The molecule has 0 bridgehead atoms. The molecule has 0 saturated carbocycles. The Hall–Kier alpha value is 0.698. The van der Waals surface area contributed by atoms with E-state index in [0.717, 1.165) is 14.5 Å². The molecule has 0 unspecified atom stereocenters. The summed E-state index contributed by atoms with van der Waals surface area (Å²) in [5.41, 5.74) is 0. The Morgan fingerprint density at radius 3 is 2.91 bits per heavy atom. The zero-order chi connectivity index (χ0) is 8.27. The van der Waals surface area contributed by atoms with E-state index >= 15 is 0 Å². The van der Waals surface area contributed by atoms with Crippen molar-refractivity contribution in [3.8, 4) is 0 Å². The Morgan fingerprint density at radius 2 is 2.45 bits per heavy atom. The summed E-state index contributed by atoms with van der Waals surface area (Å²) in [4.78, 5) is 1.23. The number of thiophene rings is 1. The van der Waals surface area contributed by atoms with E-state index in [1.165, 1.54) is 24.2 Å². The molecule has 0 N–H and O–H groups in total. The van der Waals surface area contributed by atoms with Crippen molar-refractivity contribution in [1.29, 1.82) is 0 Å². The van der Waals surface area contributed by atoms with E-state index in [1.807, 2.05) is 13.0 Å². The van der Waals surface area contributed by atoms with Gasteiger partial charge in [0.2, 0.25) is 0 Å². The van der Waals surface area contributed by atoms with Crippen LogP contribution in [0.4, 0.5) is 0 Å². The maximum atomic E-state index is 5.38. The Morgan fingerprint density at radius 1 is 1.73 bits per heavy atom. The molecule has 0 fully saturated rings. The normalized spacial score (nSPS) is 10.0. The number of hydrogen-bond donors (Lipinski definition) is 0. The van der Waals surface area contributed by atoms with Crippen molar-refractivity contribution in [2.45, 2.75) is 6.92 Å². The molecule has 1 nitrogen and oxygen atoms in total. The van der Waals surface area contributed by atoms with Crippen LogP contribution < -0.4 is 0 Å². The maximum absolute atomic E-state index is 5.38. The van der Waals surface area contributed by atoms with Gasteiger partial charge in [0, 0.05) is 0 Å². The van der Waals surface area contributed by atoms with Gasteiger partial charge < -0.3 is 0 Å². The second-order valence-corrected chi connectivity index (χ2v) is 5.62. The Kier molecular flexibility index (Phi) is 4.14. The van der Waals surface area contributed by atoms with E-state index in [-0.39, 0.29) is 0 Å². The van der Waals surface area contributed by atoms with E-state index in [9.17, 15) is 0 Å². The fourth-order valence-electron chi connectivity index (χ4n) is 0.626. The number of rotatable bonds is 3. The summed E-state index contributed by atoms with van der Waals surface area (Å²) < 4.78 is 7.63. The Balaban J connectivity index is 2.69. The van der Waals surface area contributed by atoms with Gasteiger partial charge in [0.05, 0.1) is 0 Å². The first kappa shape index (κ1) is 9.78. The van der Waals surface area contributed by atoms with Crippen molar-refractivity contribution < 1.29 is 24.1 Å². The molecule has 1 heterocycles. The summed E-state index contributed by atoms with van der Waals surface area (Å²) in [7, 11) is 0. The molecular formula is C7H7BrOSW. The quantitative estimate of drug-likeness (QED) is 0.755. The average molecular weight is 403 g/mol. The van der Waals surface area contributed by atoms with Crippen LogP contribution in [0.3, 0.4) is 0 Å². The molecule has 4 heteroatoms. The minimum absolute atomic E-state index is 0.758. The summed E-state index contributed by atoms with van der Waals surface area (Å²) in [6.07, 6.45) is 0. The van der Waals surface area contributed by atoms with Crippen LogP contribution in [0.25, 0.3) is 0 Å². The van der Waals surface area contributed by atoms with Crippen molar-refractivity contribution >= 4 is 31.4 Å². The molecule has 0 saturated heterocycles. The molecule has 0 spiro atoms. The molecule has 11 heavy (non-hydrogen) atoms. The van der Waals surface area contributed by atoms with Gasteiger partial charge >= 0.3 is 89.8 Å². The second kappa shape index (κ2) is 4.66. The molecule has 0 aromatic carbocycles. The number of halogens is 1. The third kappa shape index (κ3) is 2.90. The van der Waals surface area contributed by atoms with Gasteiger partial charge in [-0.25, -0.2) is 0 Å². The van der Waals surface area contributed by atoms with E-state index in [1.54, 1.807) is 11.3 Å². The SMILES string of the molecule is CCO[C](=[W])c1ccc(Br)s1. The Bertz CT molecular complexity index is 259. The molecule has 1 aromatic heterocycles. The van der Waals surface area contributed by atoms with Crippen molar-refractivity contribution in [2.24, 2.45) is 0 Å². The van der Waals surface area contributed by atoms with Crippen molar-refractivity contribution in [1.82, 2.24) is 0 Å². The molecule has 0 amide bonds. The summed E-state index contributed by atoms with van der Waals surface area (Å²) in [6, 6.07) is 4.12. The molecule has 0 aliphatic carbocycles. The van der Waals surface area contributed by atoms with Gasteiger partial charge in [-0.2, -0.15) is 0 Å². The van der Waals surface area contributed by atoms with E-state index < -0.39 is 0 Å². The summed E-state index contributed by atoms with van der Waals surface area (Å²) in [5.74, 6) is 0. The first-order valence-electron chi connectivity index (χ1n) is 3.16. The van der Waals surface area contributed by atoms with Crippen LogP contribution in [-0.4, -0.2) is 10.7 Å². The third-order valence-corrected chi connectivity index (χ3v) is 4.40. The molecular weight excluding hydrogens is 396 g/mol. The molecule has 1 aromatic rings. The van der Waals surface area contributed by atoms with Crippen LogP contribution in [0.5, 0.6) is 0 Å². The fourth-order valence-corrected chi connectivity index (χ4v) is 3.02. The summed E-state index contributed by atoms with van der Waals surface area (Å²) in [5, 5.41) is 0. The van der Waals surface area contributed by atoms with Gasteiger partial charge in [0.15, 0.2) is 0 Å². The topological polar surface area (TPSA) is 9.23 Å². The van der Waals surface area contributed by atoms with Crippen LogP contribution in [0.15, 0.2) is 15.9 Å². The molecule has 60 valence electrons.